The SMILES string of the molecule is CCN(CC)C1CCN(c2nc(C)cc(CN)n2)C1. The second-order valence-corrected chi connectivity index (χ2v) is 5.11. The quantitative estimate of drug-likeness (QED) is 0.864. The Morgan fingerprint density at radius 2 is 2.11 bits per heavy atom. The summed E-state index contributed by atoms with van der Waals surface area (Å²) in [5.74, 6) is 0.843. The highest BCUT2D eigenvalue weighted by molar-refractivity contribution is 5.34. The molecule has 1 atom stereocenters. The largest absolute Gasteiger partial charge is 0.339 e. The normalized spacial score (nSPS) is 19.4. The highest BCUT2D eigenvalue weighted by Crippen LogP contribution is 2.20. The molecule has 2 N–H and O–H groups in total. The molecule has 2 rings (SSSR count). The first-order valence-corrected chi connectivity index (χ1v) is 7.21. The van der Waals surface area contributed by atoms with E-state index in [2.05, 4.69) is 33.6 Å². The van der Waals surface area contributed by atoms with Crippen LogP contribution in [0.5, 0.6) is 0 Å². The van der Waals surface area contributed by atoms with Gasteiger partial charge in [0.2, 0.25) is 5.95 Å². The number of nitrogens with zero attached hydrogens (tertiary/aromatic N) is 4. The van der Waals surface area contributed by atoms with E-state index in [0.29, 0.717) is 12.6 Å². The van der Waals surface area contributed by atoms with Crippen molar-refractivity contribution in [3.8, 4) is 0 Å². The summed E-state index contributed by atoms with van der Waals surface area (Å²) in [4.78, 5) is 13.9. The number of aromatic nitrogens is 2. The molecule has 2 heterocycles. The third-order valence-corrected chi connectivity index (χ3v) is 3.88. The van der Waals surface area contributed by atoms with Crippen molar-refractivity contribution in [3.05, 3.63) is 17.5 Å². The molecule has 0 aromatic carbocycles. The van der Waals surface area contributed by atoms with Crippen LogP contribution in [0.3, 0.4) is 0 Å². The fourth-order valence-corrected chi connectivity index (χ4v) is 2.82. The van der Waals surface area contributed by atoms with Crippen LogP contribution in [0, 0.1) is 6.92 Å². The van der Waals surface area contributed by atoms with Gasteiger partial charge in [-0.2, -0.15) is 0 Å². The zero-order valence-corrected chi connectivity index (χ0v) is 12.3. The Kier molecular flexibility index (Phi) is 4.71. The lowest BCUT2D eigenvalue weighted by Gasteiger charge is -2.26. The summed E-state index contributed by atoms with van der Waals surface area (Å²) in [6.45, 7) is 11.2. The standard InChI is InChI=1S/C14H25N5/c1-4-18(5-2)13-6-7-19(10-13)14-16-11(3)8-12(9-15)17-14/h8,13H,4-7,9-10,15H2,1-3H3. The van der Waals surface area contributed by atoms with Gasteiger partial charge in [-0.1, -0.05) is 13.8 Å². The molecule has 0 bridgehead atoms. The molecular weight excluding hydrogens is 238 g/mol. The summed E-state index contributed by atoms with van der Waals surface area (Å²) in [6.07, 6.45) is 1.19. The Hall–Kier alpha value is -1.20. The van der Waals surface area contributed by atoms with E-state index in [0.717, 1.165) is 43.5 Å². The molecule has 19 heavy (non-hydrogen) atoms. The van der Waals surface area contributed by atoms with Gasteiger partial charge in [0.1, 0.15) is 0 Å². The van der Waals surface area contributed by atoms with E-state index in [-0.39, 0.29) is 0 Å². The van der Waals surface area contributed by atoms with Crippen molar-refractivity contribution < 1.29 is 0 Å². The first-order chi connectivity index (χ1) is 9.17. The Morgan fingerprint density at radius 3 is 2.74 bits per heavy atom. The van der Waals surface area contributed by atoms with Gasteiger partial charge in [-0.25, -0.2) is 9.97 Å². The van der Waals surface area contributed by atoms with Crippen molar-refractivity contribution in [1.82, 2.24) is 14.9 Å². The molecule has 1 aliphatic heterocycles. The van der Waals surface area contributed by atoms with Crippen LogP contribution in [0.2, 0.25) is 0 Å². The minimum atomic E-state index is 0.476. The third-order valence-electron chi connectivity index (χ3n) is 3.88. The van der Waals surface area contributed by atoms with Gasteiger partial charge in [0.15, 0.2) is 0 Å². The third kappa shape index (κ3) is 3.22. The second kappa shape index (κ2) is 6.30. The maximum absolute atomic E-state index is 5.69. The van der Waals surface area contributed by atoms with E-state index >= 15 is 0 Å². The molecule has 1 unspecified atom stereocenters. The van der Waals surface area contributed by atoms with Crippen LogP contribution in [0.4, 0.5) is 5.95 Å². The van der Waals surface area contributed by atoms with E-state index in [1.165, 1.54) is 6.42 Å². The molecule has 1 fully saturated rings. The summed E-state index contributed by atoms with van der Waals surface area (Å²) in [5.41, 5.74) is 7.61. The average Bonchev–Trinajstić information content (AvgIpc) is 2.89. The molecule has 5 heteroatoms. The number of rotatable bonds is 5. The number of hydrogen-bond acceptors (Lipinski definition) is 5. The average molecular weight is 263 g/mol. The first-order valence-electron chi connectivity index (χ1n) is 7.21. The molecule has 0 saturated carbocycles. The van der Waals surface area contributed by atoms with Crippen LogP contribution in [0.15, 0.2) is 6.07 Å². The van der Waals surface area contributed by atoms with Crippen LogP contribution in [-0.4, -0.2) is 47.1 Å². The van der Waals surface area contributed by atoms with Crippen molar-refractivity contribution in [2.75, 3.05) is 31.1 Å². The van der Waals surface area contributed by atoms with Crippen molar-refractivity contribution in [1.29, 1.82) is 0 Å². The zero-order chi connectivity index (χ0) is 13.8. The summed E-state index contributed by atoms with van der Waals surface area (Å²) < 4.78 is 0. The maximum atomic E-state index is 5.69. The van der Waals surface area contributed by atoms with E-state index in [4.69, 9.17) is 5.73 Å². The van der Waals surface area contributed by atoms with Crippen LogP contribution >= 0.6 is 0 Å². The summed E-state index contributed by atoms with van der Waals surface area (Å²) in [5, 5.41) is 0. The van der Waals surface area contributed by atoms with Crippen LogP contribution in [-0.2, 0) is 6.54 Å². The fourth-order valence-electron chi connectivity index (χ4n) is 2.82. The lowest BCUT2D eigenvalue weighted by molar-refractivity contribution is 0.232. The number of anilines is 1. The highest BCUT2D eigenvalue weighted by atomic mass is 15.3. The molecule has 0 aliphatic carbocycles. The Bertz CT molecular complexity index is 416. The smallest absolute Gasteiger partial charge is 0.225 e. The van der Waals surface area contributed by atoms with E-state index < -0.39 is 0 Å². The Morgan fingerprint density at radius 1 is 1.37 bits per heavy atom. The molecule has 106 valence electrons. The Labute approximate surface area is 115 Å². The van der Waals surface area contributed by atoms with Gasteiger partial charge in [-0.15, -0.1) is 0 Å². The zero-order valence-electron chi connectivity index (χ0n) is 12.3. The molecule has 1 aliphatic rings. The lowest BCUT2D eigenvalue weighted by atomic mass is 10.2. The Balaban J connectivity index is 2.10. The number of nitrogens with two attached hydrogens (primary N) is 1. The van der Waals surface area contributed by atoms with Crippen LogP contribution < -0.4 is 10.6 Å². The maximum Gasteiger partial charge on any atom is 0.225 e. The predicted molar refractivity (Wildman–Crippen MR) is 78.2 cm³/mol. The fraction of sp³-hybridized carbons (Fsp3) is 0.714. The van der Waals surface area contributed by atoms with Crippen molar-refractivity contribution in [2.24, 2.45) is 5.73 Å². The number of aryl methyl sites for hydroxylation is 1. The highest BCUT2D eigenvalue weighted by Gasteiger charge is 2.27. The molecule has 1 aromatic rings. The first kappa shape index (κ1) is 14.2. The van der Waals surface area contributed by atoms with Crippen LogP contribution in [0.1, 0.15) is 31.7 Å². The van der Waals surface area contributed by atoms with Gasteiger partial charge in [0.05, 0.1) is 5.69 Å². The van der Waals surface area contributed by atoms with Crippen molar-refractivity contribution in [2.45, 2.75) is 39.8 Å². The van der Waals surface area contributed by atoms with Crippen molar-refractivity contribution >= 4 is 5.95 Å². The van der Waals surface area contributed by atoms with E-state index in [1.54, 1.807) is 0 Å². The molecule has 0 amide bonds. The summed E-state index contributed by atoms with van der Waals surface area (Å²) in [6, 6.07) is 2.59. The predicted octanol–water partition coefficient (Wildman–Crippen LogP) is 1.16. The molecule has 1 aromatic heterocycles. The van der Waals surface area contributed by atoms with Gasteiger partial charge in [0.25, 0.3) is 0 Å². The second-order valence-electron chi connectivity index (χ2n) is 5.11. The summed E-state index contributed by atoms with van der Waals surface area (Å²) in [7, 11) is 0. The molecule has 0 radical (unpaired) electrons. The van der Waals surface area contributed by atoms with Gasteiger partial charge >= 0.3 is 0 Å². The van der Waals surface area contributed by atoms with Gasteiger partial charge in [-0.3, -0.25) is 4.90 Å². The summed E-state index contributed by atoms with van der Waals surface area (Å²) >= 11 is 0. The molecule has 0 spiro atoms. The van der Waals surface area contributed by atoms with E-state index in [9.17, 15) is 0 Å². The van der Waals surface area contributed by atoms with E-state index in [1.807, 2.05) is 13.0 Å². The van der Waals surface area contributed by atoms with Gasteiger partial charge < -0.3 is 10.6 Å². The van der Waals surface area contributed by atoms with Gasteiger partial charge in [0, 0.05) is 31.4 Å². The molecular formula is C14H25N5. The minimum absolute atomic E-state index is 0.476. The van der Waals surface area contributed by atoms with Crippen molar-refractivity contribution in [3.63, 3.8) is 0 Å². The number of hydrogen-bond donors (Lipinski definition) is 1. The van der Waals surface area contributed by atoms with Gasteiger partial charge in [-0.05, 0) is 32.5 Å². The monoisotopic (exact) mass is 263 g/mol. The number of likely N-dealkylation sites (N-methyl/N-ethyl adjacent to an activating group) is 1. The topological polar surface area (TPSA) is 58.3 Å². The molecule has 5 nitrogen and oxygen atoms in total. The lowest BCUT2D eigenvalue weighted by Crippen LogP contribution is -2.37. The van der Waals surface area contributed by atoms with Crippen LogP contribution in [0.25, 0.3) is 0 Å². The minimum Gasteiger partial charge on any atom is -0.339 e. The molecule has 1 saturated heterocycles.